The number of carbonyl (C=O) groups excluding carboxylic acids is 1. The van der Waals surface area contributed by atoms with Crippen molar-refractivity contribution in [2.75, 3.05) is 26.2 Å². The second kappa shape index (κ2) is 7.92. The number of piperazine rings is 1. The molecule has 0 spiro atoms. The summed E-state index contributed by atoms with van der Waals surface area (Å²) in [6.07, 6.45) is 1.54. The topological polar surface area (TPSA) is 71.7 Å². The number of aryl methyl sites for hydroxylation is 1. The van der Waals surface area contributed by atoms with Gasteiger partial charge in [0, 0.05) is 32.6 Å². The van der Waals surface area contributed by atoms with Crippen molar-refractivity contribution in [2.24, 2.45) is 0 Å². The first kappa shape index (κ1) is 16.4. The summed E-state index contributed by atoms with van der Waals surface area (Å²) in [4.78, 5) is 20.5. The number of ether oxygens (including phenoxy) is 1. The van der Waals surface area contributed by atoms with E-state index in [0.29, 0.717) is 31.3 Å². The van der Waals surface area contributed by atoms with Crippen molar-refractivity contribution in [3.05, 3.63) is 42.0 Å². The number of amides is 1. The van der Waals surface area contributed by atoms with Crippen LogP contribution in [-0.4, -0.2) is 52.2 Å². The zero-order valence-electron chi connectivity index (χ0n) is 13.9. The smallest absolute Gasteiger partial charge is 0.410 e. The average molecular weight is 330 g/mol. The van der Waals surface area contributed by atoms with Crippen molar-refractivity contribution in [1.82, 2.24) is 19.9 Å². The molecule has 1 aliphatic rings. The van der Waals surface area contributed by atoms with Crippen molar-refractivity contribution >= 4 is 6.09 Å². The largest absolute Gasteiger partial charge is 0.415 e. The maximum atomic E-state index is 12.2. The van der Waals surface area contributed by atoms with Crippen LogP contribution >= 0.6 is 0 Å². The second-order valence-electron chi connectivity index (χ2n) is 5.80. The average Bonchev–Trinajstić information content (AvgIpc) is 3.04. The van der Waals surface area contributed by atoms with Crippen molar-refractivity contribution in [3.8, 4) is 5.75 Å². The first-order valence-electron chi connectivity index (χ1n) is 8.30. The minimum atomic E-state index is -0.302. The number of nitrogens with zero attached hydrogens (tertiary/aromatic N) is 4. The monoisotopic (exact) mass is 330 g/mol. The normalized spacial score (nSPS) is 15.5. The SMILES string of the molecule is CCCc1noc(CN2CCN(C(=O)Oc3ccccc3)CC2)n1. The molecule has 0 N–H and O–H groups in total. The molecule has 1 saturated heterocycles. The number of para-hydroxylation sites is 1. The van der Waals surface area contributed by atoms with Crippen LogP contribution in [-0.2, 0) is 13.0 Å². The van der Waals surface area contributed by atoms with Gasteiger partial charge in [-0.2, -0.15) is 4.98 Å². The van der Waals surface area contributed by atoms with E-state index in [2.05, 4.69) is 22.0 Å². The first-order chi connectivity index (χ1) is 11.7. The first-order valence-corrected chi connectivity index (χ1v) is 8.30. The van der Waals surface area contributed by atoms with Crippen LogP contribution in [0.3, 0.4) is 0 Å². The number of hydrogen-bond acceptors (Lipinski definition) is 6. The Morgan fingerprint density at radius 3 is 2.67 bits per heavy atom. The van der Waals surface area contributed by atoms with Crippen LogP contribution in [0.25, 0.3) is 0 Å². The third-order valence-electron chi connectivity index (χ3n) is 3.92. The van der Waals surface area contributed by atoms with Gasteiger partial charge in [0.25, 0.3) is 0 Å². The van der Waals surface area contributed by atoms with Gasteiger partial charge in [0.2, 0.25) is 5.89 Å². The van der Waals surface area contributed by atoms with Gasteiger partial charge in [0.05, 0.1) is 6.54 Å². The molecule has 2 aromatic rings. The third kappa shape index (κ3) is 4.32. The fraction of sp³-hybridized carbons (Fsp3) is 0.471. The summed E-state index contributed by atoms with van der Waals surface area (Å²) in [7, 11) is 0. The predicted molar refractivity (Wildman–Crippen MR) is 87.6 cm³/mol. The van der Waals surface area contributed by atoms with Gasteiger partial charge < -0.3 is 14.2 Å². The molecule has 1 fully saturated rings. The Morgan fingerprint density at radius 1 is 1.21 bits per heavy atom. The summed E-state index contributed by atoms with van der Waals surface area (Å²) in [5, 5.41) is 3.96. The highest BCUT2D eigenvalue weighted by Crippen LogP contribution is 2.13. The standard InChI is InChI=1S/C17H22N4O3/c1-2-6-15-18-16(24-19-15)13-20-9-11-21(12-10-20)17(22)23-14-7-4-3-5-8-14/h3-5,7-8H,2,6,9-13H2,1H3. The van der Waals surface area contributed by atoms with E-state index in [1.54, 1.807) is 17.0 Å². The van der Waals surface area contributed by atoms with Crippen molar-refractivity contribution in [2.45, 2.75) is 26.3 Å². The molecule has 2 heterocycles. The Labute approximate surface area is 141 Å². The number of benzene rings is 1. The predicted octanol–water partition coefficient (Wildman–Crippen LogP) is 2.34. The molecule has 0 saturated carbocycles. The molecular weight excluding hydrogens is 308 g/mol. The summed E-state index contributed by atoms with van der Waals surface area (Å²) in [5.74, 6) is 1.97. The van der Waals surface area contributed by atoms with Gasteiger partial charge in [-0.1, -0.05) is 30.3 Å². The zero-order valence-corrected chi connectivity index (χ0v) is 13.9. The lowest BCUT2D eigenvalue weighted by Crippen LogP contribution is -2.49. The molecule has 1 aromatic carbocycles. The van der Waals surface area contributed by atoms with Gasteiger partial charge in [-0.05, 0) is 18.6 Å². The lowest BCUT2D eigenvalue weighted by molar-refractivity contribution is 0.102. The summed E-state index contributed by atoms with van der Waals surface area (Å²) in [5.41, 5.74) is 0. The summed E-state index contributed by atoms with van der Waals surface area (Å²) in [6.45, 7) is 5.48. The van der Waals surface area contributed by atoms with E-state index >= 15 is 0 Å². The lowest BCUT2D eigenvalue weighted by Gasteiger charge is -2.33. The molecule has 0 radical (unpaired) electrons. The highest BCUT2D eigenvalue weighted by Gasteiger charge is 2.23. The number of rotatable bonds is 5. The van der Waals surface area contributed by atoms with Gasteiger partial charge >= 0.3 is 6.09 Å². The van der Waals surface area contributed by atoms with Crippen molar-refractivity contribution in [3.63, 3.8) is 0 Å². The minimum absolute atomic E-state index is 0.302. The van der Waals surface area contributed by atoms with Crippen molar-refractivity contribution in [1.29, 1.82) is 0 Å². The number of hydrogen-bond donors (Lipinski definition) is 0. The van der Waals surface area contributed by atoms with Crippen LogP contribution in [0.1, 0.15) is 25.1 Å². The second-order valence-corrected chi connectivity index (χ2v) is 5.80. The third-order valence-corrected chi connectivity index (χ3v) is 3.92. The van der Waals surface area contributed by atoms with Gasteiger partial charge in [0.15, 0.2) is 5.82 Å². The summed E-state index contributed by atoms with van der Waals surface area (Å²) < 4.78 is 10.6. The van der Waals surface area contributed by atoms with Crippen LogP contribution in [0.4, 0.5) is 4.79 Å². The quantitative estimate of drug-likeness (QED) is 0.838. The molecule has 3 rings (SSSR count). The van der Waals surface area contributed by atoms with E-state index in [1.165, 1.54) is 0 Å². The summed E-state index contributed by atoms with van der Waals surface area (Å²) in [6, 6.07) is 9.13. The number of aromatic nitrogens is 2. The van der Waals surface area contributed by atoms with E-state index in [0.717, 1.165) is 31.8 Å². The molecule has 0 bridgehead atoms. The molecule has 1 aromatic heterocycles. The van der Waals surface area contributed by atoms with Gasteiger partial charge in [0.1, 0.15) is 5.75 Å². The highest BCUT2D eigenvalue weighted by atomic mass is 16.6. The van der Waals surface area contributed by atoms with Crippen LogP contribution in [0.5, 0.6) is 5.75 Å². The molecule has 0 aliphatic carbocycles. The Hall–Kier alpha value is -2.41. The molecule has 0 unspecified atom stereocenters. The Balaban J connectivity index is 1.45. The van der Waals surface area contributed by atoms with Crippen LogP contribution in [0.2, 0.25) is 0 Å². The van der Waals surface area contributed by atoms with E-state index in [1.807, 2.05) is 18.2 Å². The van der Waals surface area contributed by atoms with Gasteiger partial charge in [-0.15, -0.1) is 0 Å². The van der Waals surface area contributed by atoms with Crippen molar-refractivity contribution < 1.29 is 14.1 Å². The lowest BCUT2D eigenvalue weighted by atomic mass is 10.3. The fourth-order valence-electron chi connectivity index (χ4n) is 2.61. The molecule has 7 nitrogen and oxygen atoms in total. The fourth-order valence-corrected chi connectivity index (χ4v) is 2.61. The maximum Gasteiger partial charge on any atom is 0.415 e. The van der Waals surface area contributed by atoms with Gasteiger partial charge in [-0.25, -0.2) is 4.79 Å². The molecule has 0 atom stereocenters. The van der Waals surface area contributed by atoms with E-state index in [9.17, 15) is 4.79 Å². The van der Waals surface area contributed by atoms with E-state index in [4.69, 9.17) is 9.26 Å². The maximum absolute atomic E-state index is 12.2. The molecule has 128 valence electrons. The van der Waals surface area contributed by atoms with E-state index < -0.39 is 0 Å². The van der Waals surface area contributed by atoms with Crippen LogP contribution < -0.4 is 4.74 Å². The zero-order chi connectivity index (χ0) is 16.8. The Kier molecular flexibility index (Phi) is 5.43. The van der Waals surface area contributed by atoms with Crippen LogP contribution in [0.15, 0.2) is 34.9 Å². The van der Waals surface area contributed by atoms with Crippen LogP contribution in [0, 0.1) is 0 Å². The Morgan fingerprint density at radius 2 is 1.96 bits per heavy atom. The molecule has 1 amide bonds. The molecule has 1 aliphatic heterocycles. The summed E-state index contributed by atoms with van der Waals surface area (Å²) >= 11 is 0. The number of carbonyl (C=O) groups is 1. The minimum Gasteiger partial charge on any atom is -0.410 e. The molecule has 7 heteroatoms. The highest BCUT2D eigenvalue weighted by molar-refractivity contribution is 5.70. The molecular formula is C17H22N4O3. The Bertz CT molecular complexity index is 651. The molecule has 24 heavy (non-hydrogen) atoms. The van der Waals surface area contributed by atoms with Gasteiger partial charge in [-0.3, -0.25) is 4.90 Å². The van der Waals surface area contributed by atoms with E-state index in [-0.39, 0.29) is 6.09 Å².